The summed E-state index contributed by atoms with van der Waals surface area (Å²) in [6.45, 7) is 10.6. The molecule has 0 aliphatic heterocycles. The number of carboxylic acid groups (broad SMARTS) is 1. The van der Waals surface area contributed by atoms with Gasteiger partial charge < -0.3 is 35.7 Å². The average molecular weight is 578 g/mol. The molecule has 0 fully saturated rings. The van der Waals surface area contributed by atoms with Gasteiger partial charge in [0.1, 0.15) is 23.9 Å². The van der Waals surface area contributed by atoms with Gasteiger partial charge in [0, 0.05) is 12.2 Å². The van der Waals surface area contributed by atoms with Crippen molar-refractivity contribution in [1.82, 2.24) is 10.6 Å². The van der Waals surface area contributed by atoms with Gasteiger partial charge in [0.25, 0.3) is 0 Å². The highest BCUT2D eigenvalue weighted by molar-refractivity contribution is 8.00. The summed E-state index contributed by atoms with van der Waals surface area (Å²) >= 11 is 0.911. The van der Waals surface area contributed by atoms with E-state index in [1.165, 1.54) is 0 Å². The Balaban J connectivity index is 5.52. The van der Waals surface area contributed by atoms with Crippen LogP contribution in [0.3, 0.4) is 0 Å². The van der Waals surface area contributed by atoms with Crippen LogP contribution < -0.4 is 16.4 Å². The number of rotatable bonds is 19. The highest BCUT2D eigenvalue weighted by atomic mass is 32.2. The number of thioether (sulfide) groups is 1. The lowest BCUT2D eigenvalue weighted by atomic mass is 10.1. The fraction of sp³-hybridized carbons (Fsp3) is 0.760. The van der Waals surface area contributed by atoms with E-state index in [0.717, 1.165) is 11.8 Å². The molecule has 0 heterocycles. The van der Waals surface area contributed by atoms with Gasteiger partial charge >= 0.3 is 23.9 Å². The number of hydrogen-bond acceptors (Lipinski definition) is 11. The molecule has 0 aromatic heterocycles. The predicted octanol–water partition coefficient (Wildman–Crippen LogP) is 0.621. The Labute approximate surface area is 233 Å². The number of esters is 3. The SMILES string of the molecule is CC(C)COC(=O)CC(SCC(NC(=O)CCC(N)C(=O)O)C(=O)NCC(=O)OC(C)C)C(=O)OCC(C)C. The van der Waals surface area contributed by atoms with Crippen LogP contribution in [0.15, 0.2) is 0 Å². The number of carbonyl (C=O) groups excluding carboxylic acids is 5. The van der Waals surface area contributed by atoms with Crippen LogP contribution in [0.4, 0.5) is 0 Å². The smallest absolute Gasteiger partial charge is 0.325 e. The normalized spacial score (nSPS) is 13.4. The minimum absolute atomic E-state index is 0.0491. The second kappa shape index (κ2) is 19.2. The van der Waals surface area contributed by atoms with E-state index in [9.17, 15) is 28.8 Å². The minimum Gasteiger partial charge on any atom is -0.480 e. The van der Waals surface area contributed by atoms with Crippen molar-refractivity contribution in [3.8, 4) is 0 Å². The van der Waals surface area contributed by atoms with Crippen molar-refractivity contribution in [3.63, 3.8) is 0 Å². The number of ether oxygens (including phenoxy) is 3. The lowest BCUT2D eigenvalue weighted by Gasteiger charge is -2.21. The first kappa shape index (κ1) is 36.1. The van der Waals surface area contributed by atoms with Gasteiger partial charge in [-0.15, -0.1) is 11.8 Å². The van der Waals surface area contributed by atoms with Gasteiger partial charge in [-0.3, -0.25) is 28.8 Å². The van der Waals surface area contributed by atoms with Crippen molar-refractivity contribution >= 4 is 47.5 Å². The number of carboxylic acids is 1. The predicted molar refractivity (Wildman–Crippen MR) is 143 cm³/mol. The van der Waals surface area contributed by atoms with Crippen LogP contribution in [-0.2, 0) is 43.0 Å². The molecule has 0 aliphatic rings. The van der Waals surface area contributed by atoms with Gasteiger partial charge in [-0.1, -0.05) is 27.7 Å². The number of nitrogens with one attached hydrogen (secondary N) is 2. The van der Waals surface area contributed by atoms with Crippen molar-refractivity contribution in [2.45, 2.75) is 84.2 Å². The zero-order chi connectivity index (χ0) is 30.1. The van der Waals surface area contributed by atoms with Crippen LogP contribution in [0.25, 0.3) is 0 Å². The molecular weight excluding hydrogens is 534 g/mol. The van der Waals surface area contributed by atoms with Crippen molar-refractivity contribution < 1.29 is 48.1 Å². The highest BCUT2D eigenvalue weighted by Gasteiger charge is 2.29. The van der Waals surface area contributed by atoms with Crippen LogP contribution in [0, 0.1) is 11.8 Å². The molecule has 0 saturated heterocycles. The average Bonchev–Trinajstić information content (AvgIpc) is 2.83. The molecule has 13 nitrogen and oxygen atoms in total. The first-order valence-electron chi connectivity index (χ1n) is 12.8. The molecule has 3 atom stereocenters. The van der Waals surface area contributed by atoms with Gasteiger partial charge in [0.15, 0.2) is 0 Å². The fourth-order valence-corrected chi connectivity index (χ4v) is 3.80. The standard InChI is InChI=1S/C25H43N3O10S/c1-14(2)11-36-21(30)9-19(25(35)37-12-15(3)4)39-13-18(23(32)27-10-22(31)38-16(5)6)28-20(29)8-7-17(26)24(33)34/h14-19H,7-13,26H2,1-6H3,(H,27,32)(H,28,29)(H,33,34). The third kappa shape index (κ3) is 18.1. The highest BCUT2D eigenvalue weighted by Crippen LogP contribution is 2.20. The molecule has 0 saturated carbocycles. The van der Waals surface area contributed by atoms with Crippen molar-refractivity contribution in [2.24, 2.45) is 17.6 Å². The van der Waals surface area contributed by atoms with Crippen LogP contribution in [-0.4, -0.2) is 89.7 Å². The molecule has 0 aromatic carbocycles. The summed E-state index contributed by atoms with van der Waals surface area (Å²) in [4.78, 5) is 73.1. The molecule has 0 rings (SSSR count). The van der Waals surface area contributed by atoms with Gasteiger partial charge in [-0.05, 0) is 32.1 Å². The Kier molecular flexibility index (Phi) is 17.8. The summed E-state index contributed by atoms with van der Waals surface area (Å²) < 4.78 is 15.4. The summed E-state index contributed by atoms with van der Waals surface area (Å²) in [6, 6.07) is -2.50. The lowest BCUT2D eigenvalue weighted by Crippen LogP contribution is -2.50. The van der Waals surface area contributed by atoms with Crippen LogP contribution >= 0.6 is 11.8 Å². The van der Waals surface area contributed by atoms with E-state index >= 15 is 0 Å². The van der Waals surface area contributed by atoms with Gasteiger partial charge in [0.05, 0.1) is 25.7 Å². The topological polar surface area (TPSA) is 200 Å². The Hall–Kier alpha value is -2.87. The summed E-state index contributed by atoms with van der Waals surface area (Å²) in [5, 5.41) is 12.7. The molecule has 14 heteroatoms. The molecule has 224 valence electrons. The Morgan fingerprint density at radius 1 is 0.897 bits per heavy atom. The summed E-state index contributed by atoms with van der Waals surface area (Å²) in [5.41, 5.74) is 5.44. The Bertz CT molecular complexity index is 835. The Morgan fingerprint density at radius 2 is 1.49 bits per heavy atom. The lowest BCUT2D eigenvalue weighted by molar-refractivity contribution is -0.150. The number of hydrogen-bond donors (Lipinski definition) is 4. The third-order valence-electron chi connectivity index (χ3n) is 4.64. The number of aliphatic carboxylic acids is 1. The fourth-order valence-electron chi connectivity index (χ4n) is 2.68. The number of amides is 2. The molecule has 3 unspecified atom stereocenters. The molecule has 0 bridgehead atoms. The maximum absolute atomic E-state index is 12.8. The second-order valence-corrected chi connectivity index (χ2v) is 11.2. The van der Waals surface area contributed by atoms with Gasteiger partial charge in [-0.2, -0.15) is 0 Å². The number of nitrogens with two attached hydrogens (primary N) is 1. The molecule has 5 N–H and O–H groups in total. The third-order valence-corrected chi connectivity index (χ3v) is 5.93. The number of carbonyl (C=O) groups is 6. The summed E-state index contributed by atoms with van der Waals surface area (Å²) in [7, 11) is 0. The van der Waals surface area contributed by atoms with Gasteiger partial charge in [-0.25, -0.2) is 0 Å². The van der Waals surface area contributed by atoms with Crippen LogP contribution in [0.2, 0.25) is 0 Å². The molecule has 0 aliphatic carbocycles. The summed E-state index contributed by atoms with van der Waals surface area (Å²) in [6.07, 6.45) is -1.16. The second-order valence-electron chi connectivity index (χ2n) is 9.99. The Morgan fingerprint density at radius 3 is 2.03 bits per heavy atom. The maximum Gasteiger partial charge on any atom is 0.325 e. The zero-order valence-corrected chi connectivity index (χ0v) is 24.3. The monoisotopic (exact) mass is 577 g/mol. The van der Waals surface area contributed by atoms with E-state index in [4.69, 9.17) is 25.1 Å². The quantitative estimate of drug-likeness (QED) is 0.123. The van der Waals surface area contributed by atoms with Gasteiger partial charge in [0.2, 0.25) is 11.8 Å². The zero-order valence-electron chi connectivity index (χ0n) is 23.5. The molecule has 39 heavy (non-hydrogen) atoms. The largest absolute Gasteiger partial charge is 0.480 e. The van der Waals surface area contributed by atoms with Crippen molar-refractivity contribution in [3.05, 3.63) is 0 Å². The van der Waals surface area contributed by atoms with E-state index < -0.39 is 65.7 Å². The minimum atomic E-state index is -1.27. The molecule has 2 amide bonds. The van der Waals surface area contributed by atoms with E-state index in [2.05, 4.69) is 10.6 Å². The first-order valence-corrected chi connectivity index (χ1v) is 13.9. The van der Waals surface area contributed by atoms with Crippen molar-refractivity contribution in [1.29, 1.82) is 0 Å². The van der Waals surface area contributed by atoms with E-state index in [1.807, 2.05) is 27.7 Å². The van der Waals surface area contributed by atoms with E-state index in [0.29, 0.717) is 0 Å². The molecular formula is C25H43N3O10S. The van der Waals surface area contributed by atoms with Crippen LogP contribution in [0.1, 0.15) is 60.8 Å². The maximum atomic E-state index is 12.8. The van der Waals surface area contributed by atoms with E-state index in [1.54, 1.807) is 13.8 Å². The molecule has 0 aromatic rings. The van der Waals surface area contributed by atoms with E-state index in [-0.39, 0.29) is 50.1 Å². The van der Waals surface area contributed by atoms with Crippen LogP contribution in [0.5, 0.6) is 0 Å². The summed E-state index contributed by atoms with van der Waals surface area (Å²) in [5.74, 6) is -4.68. The first-order chi connectivity index (χ1) is 18.1. The van der Waals surface area contributed by atoms with Crippen molar-refractivity contribution in [2.75, 3.05) is 25.5 Å². The molecule has 0 radical (unpaired) electrons. The molecule has 0 spiro atoms.